The summed E-state index contributed by atoms with van der Waals surface area (Å²) < 4.78 is 0. The number of halogens is 1. The molecule has 0 aromatic heterocycles. The molecule has 0 aliphatic carbocycles. The Balaban J connectivity index is 2.97. The van der Waals surface area contributed by atoms with Crippen molar-refractivity contribution in [2.45, 2.75) is 52.2 Å². The molecule has 94 valence electrons. The minimum atomic E-state index is -0.450. The van der Waals surface area contributed by atoms with Gasteiger partial charge in [0.05, 0.1) is 6.17 Å². The fourth-order valence-corrected chi connectivity index (χ4v) is 2.77. The summed E-state index contributed by atoms with van der Waals surface area (Å²) in [6.07, 6.45) is 1.57. The van der Waals surface area contributed by atoms with Crippen LogP contribution in [0.5, 0.6) is 0 Å². The summed E-state index contributed by atoms with van der Waals surface area (Å²) in [7, 11) is 1.87. The van der Waals surface area contributed by atoms with E-state index in [1.165, 1.54) is 0 Å². The zero-order valence-corrected chi connectivity index (χ0v) is 11.7. The molecule has 0 spiro atoms. The number of nitrogens with one attached hydrogen (secondary N) is 1. The molecular weight excluding hydrogens is 224 g/mol. The highest BCUT2D eigenvalue weighted by Crippen LogP contribution is 2.34. The van der Waals surface area contributed by atoms with Crippen molar-refractivity contribution < 1.29 is 4.79 Å². The molecule has 0 aromatic carbocycles. The number of amides is 1. The summed E-state index contributed by atoms with van der Waals surface area (Å²) in [5.74, 6) is 0.688. The normalized spacial score (nSPS) is 31.2. The molecule has 1 N–H and O–H groups in total. The van der Waals surface area contributed by atoms with Gasteiger partial charge in [0.1, 0.15) is 5.54 Å². The van der Waals surface area contributed by atoms with Crippen LogP contribution in [-0.4, -0.2) is 35.4 Å². The van der Waals surface area contributed by atoms with Gasteiger partial charge in [-0.15, -0.1) is 11.6 Å². The smallest absolute Gasteiger partial charge is 0.243 e. The Bertz CT molecular complexity index is 275. The van der Waals surface area contributed by atoms with Crippen molar-refractivity contribution in [3.63, 3.8) is 0 Å². The van der Waals surface area contributed by atoms with Gasteiger partial charge in [-0.2, -0.15) is 0 Å². The van der Waals surface area contributed by atoms with Crippen molar-refractivity contribution in [2.24, 2.45) is 5.41 Å². The summed E-state index contributed by atoms with van der Waals surface area (Å²) in [5, 5.41) is 3.49. The fourth-order valence-electron chi connectivity index (χ4n) is 2.44. The topological polar surface area (TPSA) is 32.3 Å². The third-order valence-electron chi connectivity index (χ3n) is 3.48. The Hall–Kier alpha value is -0.280. The second-order valence-corrected chi connectivity index (χ2v) is 6.08. The average molecular weight is 247 g/mol. The number of hydrogen-bond acceptors (Lipinski definition) is 2. The van der Waals surface area contributed by atoms with Gasteiger partial charge in [0, 0.05) is 12.9 Å². The van der Waals surface area contributed by atoms with Gasteiger partial charge < -0.3 is 4.90 Å². The number of hydrogen-bond donors (Lipinski definition) is 1. The van der Waals surface area contributed by atoms with Crippen LogP contribution in [0.2, 0.25) is 0 Å². The van der Waals surface area contributed by atoms with Gasteiger partial charge in [0.25, 0.3) is 0 Å². The van der Waals surface area contributed by atoms with E-state index < -0.39 is 5.54 Å². The lowest BCUT2D eigenvalue weighted by Crippen LogP contribution is -2.50. The first kappa shape index (κ1) is 13.8. The molecule has 1 aliphatic heterocycles. The van der Waals surface area contributed by atoms with Gasteiger partial charge in [-0.25, -0.2) is 0 Å². The molecule has 0 unspecified atom stereocenters. The lowest BCUT2D eigenvalue weighted by Gasteiger charge is -2.33. The van der Waals surface area contributed by atoms with Crippen molar-refractivity contribution in [2.75, 3.05) is 12.9 Å². The third kappa shape index (κ3) is 2.21. The van der Waals surface area contributed by atoms with E-state index in [-0.39, 0.29) is 17.5 Å². The van der Waals surface area contributed by atoms with Crippen LogP contribution in [0.25, 0.3) is 0 Å². The number of carbonyl (C=O) groups is 1. The zero-order chi connectivity index (χ0) is 12.6. The molecule has 1 saturated heterocycles. The molecule has 1 rings (SSSR count). The highest BCUT2D eigenvalue weighted by Gasteiger charge is 2.51. The van der Waals surface area contributed by atoms with E-state index in [1.54, 1.807) is 0 Å². The van der Waals surface area contributed by atoms with Gasteiger partial charge in [0.15, 0.2) is 0 Å². The van der Waals surface area contributed by atoms with Gasteiger partial charge in [-0.1, -0.05) is 27.7 Å². The second-order valence-electron chi connectivity index (χ2n) is 5.70. The van der Waals surface area contributed by atoms with Crippen molar-refractivity contribution in [3.8, 4) is 0 Å². The number of carbonyl (C=O) groups excluding carboxylic acids is 1. The van der Waals surface area contributed by atoms with Crippen molar-refractivity contribution >= 4 is 17.5 Å². The summed E-state index contributed by atoms with van der Waals surface area (Å²) >= 11 is 5.81. The number of nitrogens with zero attached hydrogens (tertiary/aromatic N) is 1. The van der Waals surface area contributed by atoms with Crippen LogP contribution in [0.3, 0.4) is 0 Å². The van der Waals surface area contributed by atoms with E-state index in [0.29, 0.717) is 12.3 Å². The molecule has 1 aliphatic rings. The largest absolute Gasteiger partial charge is 0.328 e. The van der Waals surface area contributed by atoms with Crippen LogP contribution >= 0.6 is 11.6 Å². The Kier molecular flexibility index (Phi) is 3.91. The fraction of sp³-hybridized carbons (Fsp3) is 0.917. The minimum Gasteiger partial charge on any atom is -0.328 e. The first-order chi connectivity index (χ1) is 7.28. The van der Waals surface area contributed by atoms with Crippen LogP contribution in [0.1, 0.15) is 40.5 Å². The van der Waals surface area contributed by atoms with Crippen LogP contribution in [0.15, 0.2) is 0 Å². The second kappa shape index (κ2) is 4.53. The van der Waals surface area contributed by atoms with Crippen LogP contribution in [0, 0.1) is 5.41 Å². The zero-order valence-electron chi connectivity index (χ0n) is 10.9. The Morgan fingerprint density at radius 2 is 2.06 bits per heavy atom. The van der Waals surface area contributed by atoms with E-state index in [4.69, 9.17) is 11.6 Å². The Morgan fingerprint density at radius 3 is 2.38 bits per heavy atom. The molecule has 0 radical (unpaired) electrons. The highest BCUT2D eigenvalue weighted by atomic mass is 35.5. The van der Waals surface area contributed by atoms with Gasteiger partial charge in [-0.3, -0.25) is 10.1 Å². The predicted octanol–water partition coefficient (Wildman–Crippen LogP) is 2.20. The highest BCUT2D eigenvalue weighted by molar-refractivity contribution is 6.18. The van der Waals surface area contributed by atoms with Crippen LogP contribution in [-0.2, 0) is 4.79 Å². The van der Waals surface area contributed by atoms with E-state index in [2.05, 4.69) is 26.1 Å². The van der Waals surface area contributed by atoms with Crippen molar-refractivity contribution in [3.05, 3.63) is 0 Å². The molecule has 2 atom stereocenters. The lowest BCUT2D eigenvalue weighted by molar-refractivity contribution is -0.133. The maximum atomic E-state index is 12.3. The maximum Gasteiger partial charge on any atom is 0.243 e. The third-order valence-corrected chi connectivity index (χ3v) is 3.66. The molecule has 0 saturated carbocycles. The number of likely N-dealkylation sites (N-methyl/N-ethyl adjacent to an activating group) is 1. The first-order valence-electron chi connectivity index (χ1n) is 5.89. The van der Waals surface area contributed by atoms with E-state index in [0.717, 1.165) is 6.42 Å². The Morgan fingerprint density at radius 1 is 1.50 bits per heavy atom. The van der Waals surface area contributed by atoms with Crippen molar-refractivity contribution in [1.29, 1.82) is 0 Å². The number of rotatable bonds is 3. The van der Waals surface area contributed by atoms with E-state index in [9.17, 15) is 4.79 Å². The molecule has 0 bridgehead atoms. The minimum absolute atomic E-state index is 0.0354. The Labute approximate surface area is 104 Å². The quantitative estimate of drug-likeness (QED) is 0.775. The molecule has 0 aromatic rings. The summed E-state index contributed by atoms with van der Waals surface area (Å²) in [4.78, 5) is 14.1. The summed E-state index contributed by atoms with van der Waals surface area (Å²) in [6.45, 7) is 8.46. The average Bonchev–Trinajstić information content (AvgIpc) is 2.43. The first-order valence-corrected chi connectivity index (χ1v) is 6.43. The van der Waals surface area contributed by atoms with Gasteiger partial charge >= 0.3 is 0 Å². The lowest BCUT2D eigenvalue weighted by atomic mass is 9.90. The molecule has 1 amide bonds. The van der Waals surface area contributed by atoms with Crippen LogP contribution in [0.4, 0.5) is 0 Å². The molecular formula is C12H23ClN2O. The van der Waals surface area contributed by atoms with Gasteiger partial charge in [0.2, 0.25) is 5.91 Å². The summed E-state index contributed by atoms with van der Waals surface area (Å²) in [6, 6.07) is 0. The molecule has 4 heteroatoms. The molecule has 1 fully saturated rings. The van der Waals surface area contributed by atoms with Gasteiger partial charge in [-0.05, 0) is 18.3 Å². The standard InChI is InChI=1S/C12H23ClN2O/c1-6-12(7-8-13)10(16)15(5)9(14-12)11(2,3)4/h9,14H,6-8H2,1-5H3/t9-,12-/m1/s1. The van der Waals surface area contributed by atoms with E-state index >= 15 is 0 Å². The van der Waals surface area contributed by atoms with E-state index in [1.807, 2.05) is 18.9 Å². The SMILES string of the molecule is CC[C@]1(CCCl)N[C@@H](C(C)(C)C)N(C)C1=O. The predicted molar refractivity (Wildman–Crippen MR) is 67.5 cm³/mol. The van der Waals surface area contributed by atoms with Crippen LogP contribution < -0.4 is 5.32 Å². The molecule has 3 nitrogen and oxygen atoms in total. The monoisotopic (exact) mass is 246 g/mol. The number of alkyl halides is 1. The molecule has 16 heavy (non-hydrogen) atoms. The maximum absolute atomic E-state index is 12.3. The summed E-state index contributed by atoms with van der Waals surface area (Å²) in [5.41, 5.74) is -0.415. The van der Waals surface area contributed by atoms with Crippen molar-refractivity contribution in [1.82, 2.24) is 10.2 Å². The molecule has 1 heterocycles.